The van der Waals surface area contributed by atoms with Crippen molar-refractivity contribution >= 4 is 53.1 Å². The second-order valence-electron chi connectivity index (χ2n) is 4.57. The third-order valence-electron chi connectivity index (χ3n) is 2.68. The van der Waals surface area contributed by atoms with Crippen molar-refractivity contribution in [1.29, 1.82) is 0 Å². The minimum absolute atomic E-state index is 0.103. The van der Waals surface area contributed by atoms with Gasteiger partial charge in [-0.2, -0.15) is 0 Å². The van der Waals surface area contributed by atoms with Gasteiger partial charge >= 0.3 is 88.4 Å². The molecule has 24 heavy (non-hydrogen) atoms. The van der Waals surface area contributed by atoms with E-state index in [0.717, 1.165) is 18.7 Å². The molecule has 1 heterocycles. The number of benzene rings is 1. The van der Waals surface area contributed by atoms with Crippen LogP contribution in [0.15, 0.2) is 35.2 Å². The number of aryl methyl sites for hydroxylation is 1. The third kappa shape index (κ3) is 7.17. The van der Waals surface area contributed by atoms with Crippen molar-refractivity contribution in [2.75, 3.05) is 11.2 Å². The van der Waals surface area contributed by atoms with E-state index in [-0.39, 0.29) is 15.9 Å². The first kappa shape index (κ1) is 20.9. The monoisotopic (exact) mass is 436 g/mol. The number of carbonyl (C=O) groups excluding carboxylic acids is 1. The van der Waals surface area contributed by atoms with Crippen molar-refractivity contribution in [3.8, 4) is 0 Å². The number of rotatable bonds is 6. The summed E-state index contributed by atoms with van der Waals surface area (Å²) < 4.78 is 24.1. The maximum Gasteiger partial charge on any atom is 0.0794 e. The average Bonchev–Trinajstić information content (AvgIpc) is 3.07. The number of hydrogen-bond donors (Lipinski definition) is 3. The Morgan fingerprint density at radius 2 is 2.17 bits per heavy atom. The molecule has 0 fully saturated rings. The summed E-state index contributed by atoms with van der Waals surface area (Å²) in [7, 11) is 0. The van der Waals surface area contributed by atoms with Crippen molar-refractivity contribution in [2.24, 2.45) is 0 Å². The van der Waals surface area contributed by atoms with E-state index in [4.69, 9.17) is 16.9 Å². The number of amides is 1. The maximum atomic E-state index is 11.4. The zero-order valence-electron chi connectivity index (χ0n) is 12.9. The Kier molecular flexibility index (Phi) is 9.28. The van der Waals surface area contributed by atoms with Gasteiger partial charge in [-0.1, -0.05) is 0 Å². The molecule has 1 aromatic carbocycles. The number of carbonyl (C=O) groups is 1. The number of para-hydroxylation sites is 1. The molecule has 2 rings (SSSR count). The second-order valence-corrected chi connectivity index (χ2v) is 9.21. The molecule has 7 nitrogen and oxygen atoms in total. The van der Waals surface area contributed by atoms with E-state index in [1.54, 1.807) is 17.4 Å². The van der Waals surface area contributed by atoms with Gasteiger partial charge in [0.25, 0.3) is 0 Å². The number of anilines is 1. The molecular formula is C14H18AsClN2O5S. The van der Waals surface area contributed by atoms with Gasteiger partial charge in [0.15, 0.2) is 0 Å². The van der Waals surface area contributed by atoms with Crippen molar-refractivity contribution < 1.29 is 21.8 Å². The number of nitrogens with one attached hydrogen (secondary N) is 1. The summed E-state index contributed by atoms with van der Waals surface area (Å²) in [6, 6.07) is 5.84. The van der Waals surface area contributed by atoms with Crippen molar-refractivity contribution in [3.63, 3.8) is 0 Å². The molecular weight excluding hydrogens is 419 g/mol. The van der Waals surface area contributed by atoms with E-state index in [1.165, 1.54) is 30.8 Å². The molecule has 0 spiro atoms. The van der Waals surface area contributed by atoms with E-state index in [9.17, 15) is 12.6 Å². The molecule has 0 saturated carbocycles. The molecule has 0 aliphatic heterocycles. The summed E-state index contributed by atoms with van der Waals surface area (Å²) in [5.74, 6) is 0.355. The minimum atomic E-state index is -4.92. The van der Waals surface area contributed by atoms with Gasteiger partial charge in [0.05, 0.1) is 11.2 Å². The molecule has 1 unspecified atom stereocenters. The summed E-state index contributed by atoms with van der Waals surface area (Å²) >= 11 is 2.21. The summed E-state index contributed by atoms with van der Waals surface area (Å²) in [5, 5.41) is 12.7. The SMILES string of the molecule is CC(=O)Nc1ccccc1[As](=O)(O)OO.ClCCCc1cscn1. The van der Waals surface area contributed by atoms with Gasteiger partial charge in [0.2, 0.25) is 0 Å². The largest absolute Gasteiger partial charge is 0.250 e. The normalized spacial score (nSPS) is 12.7. The molecule has 2 aromatic rings. The molecule has 0 aliphatic rings. The fourth-order valence-corrected chi connectivity index (χ4v) is 4.07. The standard InChI is InChI=1S/C8H10AsNO5.C6H8ClNS/c1-6(11)10-8-5-3-2-4-7(8)9(12,13)15-14;7-3-1-2-6-4-9-5-8-6/h2-5,14H,1H3,(H,10,11)(H,12,13);4-5H,1-3H2. The number of thiazole rings is 1. The Morgan fingerprint density at radius 1 is 1.46 bits per heavy atom. The topological polar surface area (TPSA) is 109 Å². The second kappa shape index (κ2) is 10.7. The van der Waals surface area contributed by atoms with Crippen LogP contribution in [0.25, 0.3) is 0 Å². The Labute approximate surface area is 151 Å². The molecule has 132 valence electrons. The van der Waals surface area contributed by atoms with Crippen LogP contribution in [-0.2, 0) is 18.8 Å². The van der Waals surface area contributed by atoms with Crippen LogP contribution in [-0.4, -0.2) is 40.3 Å². The molecule has 3 N–H and O–H groups in total. The fraction of sp³-hybridized carbons (Fsp3) is 0.286. The Hall–Kier alpha value is -1.15. The molecule has 0 saturated heterocycles. The number of halogens is 1. The molecule has 1 aromatic heterocycles. The number of hydrogen-bond acceptors (Lipinski definition) is 6. The van der Waals surface area contributed by atoms with Gasteiger partial charge < -0.3 is 0 Å². The van der Waals surface area contributed by atoms with Crippen LogP contribution in [0, 0.1) is 0 Å². The third-order valence-corrected chi connectivity index (χ3v) is 6.14. The van der Waals surface area contributed by atoms with Gasteiger partial charge in [-0.25, -0.2) is 4.98 Å². The van der Waals surface area contributed by atoms with Crippen LogP contribution in [0.3, 0.4) is 0 Å². The van der Waals surface area contributed by atoms with Crippen LogP contribution >= 0.6 is 22.9 Å². The van der Waals surface area contributed by atoms with Crippen molar-refractivity contribution in [3.05, 3.63) is 40.8 Å². The quantitative estimate of drug-likeness (QED) is 0.277. The zero-order valence-corrected chi connectivity index (χ0v) is 16.3. The summed E-state index contributed by atoms with van der Waals surface area (Å²) in [6.07, 6.45) is 2.05. The van der Waals surface area contributed by atoms with Crippen molar-refractivity contribution in [1.82, 2.24) is 4.98 Å². The van der Waals surface area contributed by atoms with Gasteiger partial charge in [-0.15, -0.1) is 22.9 Å². The first-order chi connectivity index (χ1) is 11.4. The molecule has 10 heteroatoms. The Balaban J connectivity index is 0.000000272. The van der Waals surface area contributed by atoms with E-state index in [1.807, 2.05) is 5.51 Å². The Bertz CT molecular complexity index is 684. The smallest absolute Gasteiger partial charge is 0.0794 e. The van der Waals surface area contributed by atoms with Crippen LogP contribution in [0.2, 0.25) is 0 Å². The summed E-state index contributed by atoms with van der Waals surface area (Å²) in [4.78, 5) is 14.9. The van der Waals surface area contributed by atoms with Crippen LogP contribution in [0.4, 0.5) is 5.69 Å². The fourth-order valence-electron chi connectivity index (χ4n) is 1.67. The van der Waals surface area contributed by atoms with Gasteiger partial charge in [-0.05, 0) is 12.8 Å². The number of nitrogens with zero attached hydrogens (tertiary/aromatic N) is 1. The van der Waals surface area contributed by atoms with E-state index in [2.05, 4.69) is 19.6 Å². The summed E-state index contributed by atoms with van der Waals surface area (Å²) in [5.41, 5.74) is 3.17. The van der Waals surface area contributed by atoms with E-state index in [0.29, 0.717) is 0 Å². The first-order valence-corrected chi connectivity index (χ1v) is 11.7. The van der Waals surface area contributed by atoms with Crippen LogP contribution < -0.4 is 9.67 Å². The zero-order chi connectivity index (χ0) is 18.0. The minimum Gasteiger partial charge on any atom is -0.250 e. The Morgan fingerprint density at radius 3 is 2.71 bits per heavy atom. The maximum absolute atomic E-state index is 11.4. The van der Waals surface area contributed by atoms with Gasteiger partial charge in [-0.3, -0.25) is 0 Å². The first-order valence-electron chi connectivity index (χ1n) is 6.87. The summed E-state index contributed by atoms with van der Waals surface area (Å²) in [6.45, 7) is 1.27. The predicted octanol–water partition coefficient (Wildman–Crippen LogP) is 2.02. The van der Waals surface area contributed by atoms with Crippen molar-refractivity contribution in [2.45, 2.75) is 19.8 Å². The average molecular weight is 437 g/mol. The van der Waals surface area contributed by atoms with E-state index < -0.39 is 14.2 Å². The van der Waals surface area contributed by atoms with Gasteiger partial charge in [0, 0.05) is 11.3 Å². The predicted molar refractivity (Wildman–Crippen MR) is 93.9 cm³/mol. The van der Waals surface area contributed by atoms with E-state index >= 15 is 0 Å². The molecule has 0 radical (unpaired) electrons. The molecule has 0 bridgehead atoms. The molecule has 1 amide bonds. The molecule has 0 aliphatic carbocycles. The number of aromatic nitrogens is 1. The number of alkyl halides is 1. The van der Waals surface area contributed by atoms with Crippen LogP contribution in [0.5, 0.6) is 0 Å². The van der Waals surface area contributed by atoms with Gasteiger partial charge in [0.1, 0.15) is 0 Å². The molecule has 1 atom stereocenters. The van der Waals surface area contributed by atoms with Crippen LogP contribution in [0.1, 0.15) is 19.0 Å².